The van der Waals surface area contributed by atoms with Gasteiger partial charge in [-0.3, -0.25) is 0 Å². The molecule has 0 unspecified atom stereocenters. The number of unbranched alkanes of at least 4 members (excludes halogenated alkanes) is 14. The molecule has 5 heteroatoms. The molecule has 0 radical (unpaired) electrons. The zero-order chi connectivity index (χ0) is 18.1. The highest BCUT2D eigenvalue weighted by molar-refractivity contribution is 7.86. The summed E-state index contributed by atoms with van der Waals surface area (Å²) in [7, 11) is -0.198. The molecule has 0 aromatic carbocycles. The summed E-state index contributed by atoms with van der Waals surface area (Å²) in [5.74, 6) is 0.128. The number of hydrogen-bond acceptors (Lipinski definition) is 4. The van der Waals surface area contributed by atoms with Crippen molar-refractivity contribution in [3.8, 4) is 0 Å². The van der Waals surface area contributed by atoms with Crippen LogP contribution in [0.15, 0.2) is 0 Å². The van der Waals surface area contributed by atoms with Gasteiger partial charge < -0.3 is 0 Å². The van der Waals surface area contributed by atoms with E-state index in [9.17, 15) is 8.42 Å². The SMILES string of the molecule is CCCCCCCCCCCCCCCCCS(=O)(=O)ON(C)C. The second-order valence-electron chi connectivity index (χ2n) is 7.10. The summed E-state index contributed by atoms with van der Waals surface area (Å²) in [5.41, 5.74) is 0. The van der Waals surface area contributed by atoms with Crippen LogP contribution in [0.4, 0.5) is 0 Å². The first kappa shape index (κ1) is 23.9. The van der Waals surface area contributed by atoms with Gasteiger partial charge in [0.1, 0.15) is 0 Å². The zero-order valence-corrected chi connectivity index (χ0v) is 17.2. The van der Waals surface area contributed by atoms with Crippen LogP contribution in [-0.4, -0.2) is 33.3 Å². The van der Waals surface area contributed by atoms with Crippen LogP contribution < -0.4 is 0 Å². The molecular formula is C19H41NO3S. The van der Waals surface area contributed by atoms with Gasteiger partial charge in [-0.2, -0.15) is 17.8 Å². The number of hydroxylamine groups is 2. The highest BCUT2D eigenvalue weighted by Crippen LogP contribution is 2.13. The van der Waals surface area contributed by atoms with Crippen LogP contribution in [0.1, 0.15) is 103 Å². The minimum absolute atomic E-state index is 0.128. The fourth-order valence-corrected chi connectivity index (χ4v) is 4.00. The Morgan fingerprint density at radius 2 is 0.958 bits per heavy atom. The van der Waals surface area contributed by atoms with Gasteiger partial charge >= 0.3 is 0 Å². The van der Waals surface area contributed by atoms with E-state index < -0.39 is 10.1 Å². The predicted octanol–water partition coefficient (Wildman–Crippen LogP) is 5.68. The van der Waals surface area contributed by atoms with E-state index in [0.717, 1.165) is 12.8 Å². The van der Waals surface area contributed by atoms with E-state index in [1.807, 2.05) is 0 Å². The summed E-state index contributed by atoms with van der Waals surface area (Å²) >= 11 is 0. The van der Waals surface area contributed by atoms with E-state index in [2.05, 4.69) is 6.92 Å². The van der Waals surface area contributed by atoms with Gasteiger partial charge in [-0.15, -0.1) is 0 Å². The van der Waals surface area contributed by atoms with E-state index in [-0.39, 0.29) is 5.75 Å². The van der Waals surface area contributed by atoms with Crippen LogP contribution in [0.5, 0.6) is 0 Å². The van der Waals surface area contributed by atoms with Gasteiger partial charge in [0, 0.05) is 14.1 Å². The lowest BCUT2D eigenvalue weighted by atomic mass is 10.0. The Balaban J connectivity index is 3.20. The molecule has 0 aliphatic heterocycles. The average Bonchev–Trinajstić information content (AvgIpc) is 2.49. The molecule has 0 heterocycles. The molecule has 0 rings (SSSR count). The summed E-state index contributed by atoms with van der Waals surface area (Å²) in [5, 5.41) is 1.24. The maximum atomic E-state index is 11.5. The monoisotopic (exact) mass is 363 g/mol. The summed E-state index contributed by atoms with van der Waals surface area (Å²) in [6.45, 7) is 2.27. The molecular weight excluding hydrogens is 322 g/mol. The fourth-order valence-electron chi connectivity index (χ4n) is 2.91. The normalized spacial score (nSPS) is 12.2. The second-order valence-corrected chi connectivity index (χ2v) is 8.77. The van der Waals surface area contributed by atoms with Gasteiger partial charge in [0.2, 0.25) is 0 Å². The van der Waals surface area contributed by atoms with Crippen molar-refractivity contribution in [1.29, 1.82) is 0 Å². The Morgan fingerprint density at radius 3 is 1.29 bits per heavy atom. The van der Waals surface area contributed by atoms with E-state index in [1.165, 1.54) is 82.1 Å². The average molecular weight is 364 g/mol. The van der Waals surface area contributed by atoms with Gasteiger partial charge in [0.15, 0.2) is 0 Å². The smallest absolute Gasteiger partial charge is 0.198 e. The molecule has 0 aromatic heterocycles. The first-order chi connectivity index (χ1) is 11.5. The lowest BCUT2D eigenvalue weighted by Gasteiger charge is -2.10. The van der Waals surface area contributed by atoms with Crippen LogP contribution in [-0.2, 0) is 14.4 Å². The predicted molar refractivity (Wildman–Crippen MR) is 103 cm³/mol. The molecule has 0 saturated heterocycles. The molecule has 0 fully saturated rings. The molecule has 0 aliphatic rings. The third kappa shape index (κ3) is 18.2. The van der Waals surface area contributed by atoms with Gasteiger partial charge in [-0.05, 0) is 6.42 Å². The molecule has 0 aliphatic carbocycles. The number of rotatable bonds is 18. The molecule has 0 aromatic rings. The lowest BCUT2D eigenvalue weighted by Crippen LogP contribution is -2.21. The highest BCUT2D eigenvalue weighted by atomic mass is 32.2. The van der Waals surface area contributed by atoms with Crippen molar-refractivity contribution in [3.05, 3.63) is 0 Å². The molecule has 0 bridgehead atoms. The summed E-state index contributed by atoms with van der Waals surface area (Å²) in [6, 6.07) is 0. The van der Waals surface area contributed by atoms with Crippen LogP contribution in [0.2, 0.25) is 0 Å². The van der Waals surface area contributed by atoms with Gasteiger partial charge in [0.25, 0.3) is 10.1 Å². The number of hydrogen-bond donors (Lipinski definition) is 0. The van der Waals surface area contributed by atoms with Crippen molar-refractivity contribution in [2.75, 3.05) is 19.8 Å². The zero-order valence-electron chi connectivity index (χ0n) is 16.4. The minimum Gasteiger partial charge on any atom is -0.198 e. The van der Waals surface area contributed by atoms with Crippen molar-refractivity contribution in [3.63, 3.8) is 0 Å². The van der Waals surface area contributed by atoms with Crippen molar-refractivity contribution in [2.24, 2.45) is 0 Å². The lowest BCUT2D eigenvalue weighted by molar-refractivity contribution is 0.00517. The quantitative estimate of drug-likeness (QED) is 0.232. The molecule has 24 heavy (non-hydrogen) atoms. The Kier molecular flexibility index (Phi) is 16.3. The fraction of sp³-hybridized carbons (Fsp3) is 1.00. The third-order valence-electron chi connectivity index (χ3n) is 4.26. The van der Waals surface area contributed by atoms with Crippen molar-refractivity contribution >= 4 is 10.1 Å². The Bertz CT molecular complexity index is 356. The van der Waals surface area contributed by atoms with Gasteiger partial charge in [-0.1, -0.05) is 96.8 Å². The minimum atomic E-state index is -3.37. The van der Waals surface area contributed by atoms with Crippen molar-refractivity contribution in [1.82, 2.24) is 5.06 Å². The van der Waals surface area contributed by atoms with Crippen molar-refractivity contribution < 1.29 is 12.7 Å². The molecule has 0 spiro atoms. The molecule has 0 amide bonds. The topological polar surface area (TPSA) is 46.6 Å². The molecule has 146 valence electrons. The molecule has 0 atom stereocenters. The van der Waals surface area contributed by atoms with E-state index in [4.69, 9.17) is 4.28 Å². The van der Waals surface area contributed by atoms with Crippen LogP contribution in [0, 0.1) is 0 Å². The summed E-state index contributed by atoms with van der Waals surface area (Å²) in [6.07, 6.45) is 19.2. The maximum Gasteiger partial charge on any atom is 0.283 e. The third-order valence-corrected chi connectivity index (χ3v) is 5.57. The Morgan fingerprint density at radius 1 is 0.625 bits per heavy atom. The first-order valence-corrected chi connectivity index (χ1v) is 11.7. The van der Waals surface area contributed by atoms with E-state index in [1.54, 1.807) is 14.1 Å². The number of nitrogens with zero attached hydrogens (tertiary/aromatic N) is 1. The van der Waals surface area contributed by atoms with Crippen molar-refractivity contribution in [2.45, 2.75) is 103 Å². The maximum absolute atomic E-state index is 11.5. The van der Waals surface area contributed by atoms with Crippen LogP contribution in [0.25, 0.3) is 0 Å². The van der Waals surface area contributed by atoms with Crippen LogP contribution >= 0.6 is 0 Å². The Labute approximate surface area is 151 Å². The Hall–Kier alpha value is -0.130. The van der Waals surface area contributed by atoms with Crippen LogP contribution in [0.3, 0.4) is 0 Å². The highest BCUT2D eigenvalue weighted by Gasteiger charge is 2.12. The molecule has 4 nitrogen and oxygen atoms in total. The summed E-state index contributed by atoms with van der Waals surface area (Å²) in [4.78, 5) is 0. The second kappa shape index (κ2) is 16.3. The summed E-state index contributed by atoms with van der Waals surface area (Å²) < 4.78 is 27.8. The molecule has 0 N–H and O–H groups in total. The van der Waals surface area contributed by atoms with E-state index in [0.29, 0.717) is 6.42 Å². The van der Waals surface area contributed by atoms with Gasteiger partial charge in [0.05, 0.1) is 5.75 Å². The van der Waals surface area contributed by atoms with E-state index >= 15 is 0 Å². The standard InChI is InChI=1S/C19H41NO3S/c1-4-5-6-7-8-9-10-11-12-13-14-15-16-17-18-19-24(21,22)23-20(2)3/h4-19H2,1-3H3. The largest absolute Gasteiger partial charge is 0.283 e. The first-order valence-electron chi connectivity index (χ1n) is 10.1. The van der Waals surface area contributed by atoms with Gasteiger partial charge in [-0.25, -0.2) is 0 Å². The molecule has 0 saturated carbocycles.